The molecule has 0 atom stereocenters. The van der Waals surface area contributed by atoms with E-state index in [0.717, 1.165) is 15.7 Å². The number of nitrogens with two attached hydrogens (primary N) is 1. The van der Waals surface area contributed by atoms with Crippen LogP contribution in [0.1, 0.15) is 5.56 Å². The first-order valence-electron chi connectivity index (χ1n) is 3.44. The van der Waals surface area contributed by atoms with Crippen LogP contribution in [0.25, 0.3) is 0 Å². The molecule has 1 rings (SSSR count). The Labute approximate surface area is 87.1 Å². The monoisotopic (exact) mass is 250 g/mol. The van der Waals surface area contributed by atoms with Gasteiger partial charge in [-0.25, -0.2) is 0 Å². The largest absolute Gasteiger partial charge is 0.388 e. The molecule has 0 amide bonds. The van der Waals surface area contributed by atoms with Crippen molar-refractivity contribution in [2.75, 3.05) is 12.4 Å². The Morgan fingerprint density at radius 2 is 2.17 bits per heavy atom. The predicted molar refractivity (Wildman–Crippen MR) is 58.8 cm³/mol. The van der Waals surface area contributed by atoms with Crippen molar-refractivity contribution in [2.45, 2.75) is 6.54 Å². The van der Waals surface area contributed by atoms with Crippen molar-refractivity contribution in [1.82, 2.24) is 0 Å². The van der Waals surface area contributed by atoms with Crippen LogP contribution in [-0.2, 0) is 6.54 Å². The van der Waals surface area contributed by atoms with Crippen LogP contribution in [0.3, 0.4) is 0 Å². The quantitative estimate of drug-likeness (QED) is 0.847. The van der Waals surface area contributed by atoms with Crippen molar-refractivity contribution in [2.24, 2.45) is 5.73 Å². The highest BCUT2D eigenvalue weighted by Crippen LogP contribution is 2.19. The zero-order valence-electron chi connectivity index (χ0n) is 6.80. The van der Waals surface area contributed by atoms with Crippen molar-refractivity contribution in [3.63, 3.8) is 0 Å². The van der Waals surface area contributed by atoms with E-state index >= 15 is 0 Å². The number of nitrogens with one attached hydrogen (secondary N) is 1. The summed E-state index contributed by atoms with van der Waals surface area (Å²) >= 11 is 3.38. The van der Waals surface area contributed by atoms with Gasteiger partial charge in [0.1, 0.15) is 0 Å². The number of anilines is 1. The highest BCUT2D eigenvalue weighted by atomic mass is 79.9. The molecule has 0 aliphatic carbocycles. The first-order chi connectivity index (χ1) is 5.27. The average Bonchev–Trinajstić information content (AvgIpc) is 2.04. The molecule has 3 N–H and O–H groups in total. The van der Waals surface area contributed by atoms with Crippen LogP contribution in [0.4, 0.5) is 5.69 Å². The maximum Gasteiger partial charge on any atom is 0.0383 e. The number of halogens is 2. The van der Waals surface area contributed by atoms with E-state index in [1.165, 1.54) is 0 Å². The third-order valence-corrected chi connectivity index (χ3v) is 2.05. The molecule has 68 valence electrons. The lowest BCUT2D eigenvalue weighted by Gasteiger charge is -2.06. The van der Waals surface area contributed by atoms with E-state index in [1.54, 1.807) is 0 Å². The van der Waals surface area contributed by atoms with Gasteiger partial charge in [0.2, 0.25) is 0 Å². The first-order valence-corrected chi connectivity index (χ1v) is 4.23. The zero-order valence-corrected chi connectivity index (χ0v) is 9.21. The molecule has 0 aliphatic rings. The molecule has 0 fully saturated rings. The van der Waals surface area contributed by atoms with Gasteiger partial charge in [0.15, 0.2) is 0 Å². The summed E-state index contributed by atoms with van der Waals surface area (Å²) in [6, 6.07) is 6.02. The van der Waals surface area contributed by atoms with E-state index in [0.29, 0.717) is 6.54 Å². The maximum atomic E-state index is 5.53. The summed E-state index contributed by atoms with van der Waals surface area (Å²) in [4.78, 5) is 0. The van der Waals surface area contributed by atoms with Gasteiger partial charge in [-0.3, -0.25) is 0 Å². The summed E-state index contributed by atoms with van der Waals surface area (Å²) in [6.45, 7) is 0.565. The summed E-state index contributed by atoms with van der Waals surface area (Å²) < 4.78 is 1.07. The van der Waals surface area contributed by atoms with Gasteiger partial charge in [-0.05, 0) is 23.8 Å². The number of rotatable bonds is 2. The molecule has 0 heterocycles. The predicted octanol–water partition coefficient (Wildman–Crippen LogP) is 2.37. The Bertz CT molecular complexity index is 253. The van der Waals surface area contributed by atoms with E-state index in [-0.39, 0.29) is 12.4 Å². The summed E-state index contributed by atoms with van der Waals surface area (Å²) in [5, 5.41) is 3.07. The van der Waals surface area contributed by atoms with Crippen molar-refractivity contribution in [3.05, 3.63) is 28.2 Å². The second-order valence-electron chi connectivity index (χ2n) is 2.26. The van der Waals surface area contributed by atoms with E-state index < -0.39 is 0 Å². The molecule has 0 aliphatic heterocycles. The van der Waals surface area contributed by atoms with Gasteiger partial charge in [0, 0.05) is 23.8 Å². The molecule has 0 spiro atoms. The average molecular weight is 252 g/mol. The summed E-state index contributed by atoms with van der Waals surface area (Å²) in [5.74, 6) is 0. The van der Waals surface area contributed by atoms with Crippen LogP contribution < -0.4 is 11.1 Å². The van der Waals surface area contributed by atoms with E-state index in [1.807, 2.05) is 25.2 Å². The SMILES string of the molecule is CNc1ccc(Br)cc1CN.Cl. The minimum Gasteiger partial charge on any atom is -0.388 e. The van der Waals surface area contributed by atoms with Crippen LogP contribution in [0.2, 0.25) is 0 Å². The minimum atomic E-state index is 0. The molecule has 4 heteroatoms. The third-order valence-electron chi connectivity index (χ3n) is 1.56. The summed E-state index contributed by atoms with van der Waals surface area (Å²) in [7, 11) is 1.89. The van der Waals surface area contributed by atoms with Crippen LogP contribution in [-0.4, -0.2) is 7.05 Å². The van der Waals surface area contributed by atoms with Gasteiger partial charge >= 0.3 is 0 Å². The molecular formula is C8H12BrClN2. The number of hydrogen-bond acceptors (Lipinski definition) is 2. The van der Waals surface area contributed by atoms with E-state index in [9.17, 15) is 0 Å². The summed E-state index contributed by atoms with van der Waals surface area (Å²) in [5.41, 5.74) is 7.75. The first kappa shape index (κ1) is 11.8. The van der Waals surface area contributed by atoms with Gasteiger partial charge in [-0.2, -0.15) is 0 Å². The maximum absolute atomic E-state index is 5.53. The fourth-order valence-corrected chi connectivity index (χ4v) is 1.38. The van der Waals surface area contributed by atoms with E-state index in [2.05, 4.69) is 21.2 Å². The van der Waals surface area contributed by atoms with Crippen LogP contribution in [0.15, 0.2) is 22.7 Å². The van der Waals surface area contributed by atoms with Crippen molar-refractivity contribution < 1.29 is 0 Å². The summed E-state index contributed by atoms with van der Waals surface area (Å²) in [6.07, 6.45) is 0. The van der Waals surface area contributed by atoms with Crippen LogP contribution in [0, 0.1) is 0 Å². The standard InChI is InChI=1S/C8H11BrN2.ClH/c1-11-8-3-2-7(9)4-6(8)5-10;/h2-4,11H,5,10H2,1H3;1H. The topological polar surface area (TPSA) is 38.0 Å². The number of benzene rings is 1. The second-order valence-corrected chi connectivity index (χ2v) is 3.17. The molecule has 1 aromatic carbocycles. The van der Waals surface area contributed by atoms with Gasteiger partial charge in [0.25, 0.3) is 0 Å². The van der Waals surface area contributed by atoms with E-state index in [4.69, 9.17) is 5.73 Å². The molecular weight excluding hydrogens is 239 g/mol. The molecule has 0 unspecified atom stereocenters. The Kier molecular flexibility index (Phi) is 5.29. The van der Waals surface area contributed by atoms with Gasteiger partial charge < -0.3 is 11.1 Å². The van der Waals surface area contributed by atoms with Crippen molar-refractivity contribution in [3.8, 4) is 0 Å². The molecule has 1 aromatic rings. The minimum absolute atomic E-state index is 0. The van der Waals surface area contributed by atoms with Gasteiger partial charge in [-0.1, -0.05) is 15.9 Å². The molecule has 0 bridgehead atoms. The Morgan fingerprint density at radius 1 is 1.50 bits per heavy atom. The molecule has 0 aromatic heterocycles. The lowest BCUT2D eigenvalue weighted by atomic mass is 10.2. The molecule has 2 nitrogen and oxygen atoms in total. The molecule has 12 heavy (non-hydrogen) atoms. The Hall–Kier alpha value is -0.250. The Balaban J connectivity index is 0.00000121. The smallest absolute Gasteiger partial charge is 0.0383 e. The lowest BCUT2D eigenvalue weighted by Crippen LogP contribution is -2.01. The third kappa shape index (κ3) is 2.66. The van der Waals surface area contributed by atoms with Crippen LogP contribution >= 0.6 is 28.3 Å². The number of hydrogen-bond donors (Lipinski definition) is 2. The second kappa shape index (κ2) is 5.41. The fraction of sp³-hybridized carbons (Fsp3) is 0.250. The van der Waals surface area contributed by atoms with Gasteiger partial charge in [-0.15, -0.1) is 12.4 Å². The lowest BCUT2D eigenvalue weighted by molar-refractivity contribution is 1.07. The fourth-order valence-electron chi connectivity index (χ4n) is 0.975. The van der Waals surface area contributed by atoms with Crippen molar-refractivity contribution >= 4 is 34.0 Å². The zero-order chi connectivity index (χ0) is 8.27. The van der Waals surface area contributed by atoms with Crippen LogP contribution in [0.5, 0.6) is 0 Å². The molecule has 0 radical (unpaired) electrons. The van der Waals surface area contributed by atoms with Crippen molar-refractivity contribution in [1.29, 1.82) is 0 Å². The normalized spacial score (nSPS) is 8.92. The molecule has 0 saturated carbocycles. The van der Waals surface area contributed by atoms with Gasteiger partial charge in [0.05, 0.1) is 0 Å². The highest BCUT2D eigenvalue weighted by Gasteiger charge is 1.97. The Morgan fingerprint density at radius 3 is 2.67 bits per heavy atom. The highest BCUT2D eigenvalue weighted by molar-refractivity contribution is 9.10. The molecule has 0 saturated heterocycles.